The number of halogens is 2. The molecule has 0 unspecified atom stereocenters. The van der Waals surface area contributed by atoms with Gasteiger partial charge in [0.1, 0.15) is 0 Å². The Balaban J connectivity index is 3.01. The van der Waals surface area contributed by atoms with E-state index in [1.54, 1.807) is 6.08 Å². The number of hydrogen-bond acceptors (Lipinski definition) is 0. The first kappa shape index (κ1) is 10.6. The van der Waals surface area contributed by atoms with Gasteiger partial charge in [-0.25, -0.2) is 8.78 Å². The van der Waals surface area contributed by atoms with Crippen molar-refractivity contribution in [3.8, 4) is 0 Å². The summed E-state index contributed by atoms with van der Waals surface area (Å²) in [7, 11) is 0. The number of rotatable bonds is 6. The average Bonchev–Trinajstić information content (AvgIpc) is 1.96. The van der Waals surface area contributed by atoms with Gasteiger partial charge in [0.05, 0.1) is 0 Å². The summed E-state index contributed by atoms with van der Waals surface area (Å²) in [4.78, 5) is 0. The Morgan fingerprint density at radius 3 is 2.45 bits per heavy atom. The van der Waals surface area contributed by atoms with Gasteiger partial charge in [0, 0.05) is 0 Å². The molecule has 0 bridgehead atoms. The van der Waals surface area contributed by atoms with Crippen LogP contribution in [0.4, 0.5) is 8.78 Å². The van der Waals surface area contributed by atoms with Crippen LogP contribution in [0.3, 0.4) is 0 Å². The first-order valence-corrected chi connectivity index (χ1v) is 4.22. The molecule has 0 aromatic heterocycles. The van der Waals surface area contributed by atoms with Crippen LogP contribution in [0.1, 0.15) is 39.0 Å². The number of hydrogen-bond donors (Lipinski definition) is 0. The molecule has 0 radical (unpaired) electrons. The molecule has 0 heterocycles. The molecular formula is C9H16F2. The Bertz CT molecular complexity index is 97.7. The molecule has 0 amide bonds. The quantitative estimate of drug-likeness (QED) is 0.412. The minimum Gasteiger partial charge on any atom is -0.206 e. The molecule has 0 aromatic carbocycles. The summed E-state index contributed by atoms with van der Waals surface area (Å²) in [6.45, 7) is 2.13. The van der Waals surface area contributed by atoms with Gasteiger partial charge in [-0.1, -0.05) is 32.3 Å². The van der Waals surface area contributed by atoms with Gasteiger partial charge in [-0.3, -0.25) is 0 Å². The maximum absolute atomic E-state index is 11.5. The molecule has 0 nitrogen and oxygen atoms in total. The Morgan fingerprint density at radius 2 is 1.91 bits per heavy atom. The summed E-state index contributed by atoms with van der Waals surface area (Å²) < 4.78 is 23.0. The van der Waals surface area contributed by atoms with E-state index in [4.69, 9.17) is 0 Å². The van der Waals surface area contributed by atoms with Crippen molar-refractivity contribution in [2.45, 2.75) is 45.5 Å². The highest BCUT2D eigenvalue weighted by Crippen LogP contribution is 2.04. The zero-order chi connectivity index (χ0) is 8.53. The minimum atomic E-state index is -2.28. The van der Waals surface area contributed by atoms with Gasteiger partial charge in [-0.2, -0.15) is 0 Å². The Hall–Kier alpha value is -0.400. The molecular weight excluding hydrogens is 146 g/mol. The fourth-order valence-corrected chi connectivity index (χ4v) is 0.888. The molecule has 0 N–H and O–H groups in total. The summed E-state index contributed by atoms with van der Waals surface area (Å²) in [6, 6.07) is 0. The van der Waals surface area contributed by atoms with E-state index in [0.29, 0.717) is 0 Å². The lowest BCUT2D eigenvalue weighted by atomic mass is 10.1. The van der Waals surface area contributed by atoms with Crippen molar-refractivity contribution < 1.29 is 8.78 Å². The van der Waals surface area contributed by atoms with Gasteiger partial charge in [0.2, 0.25) is 0 Å². The minimum absolute atomic E-state index is 0.796. The van der Waals surface area contributed by atoms with E-state index in [2.05, 4.69) is 6.92 Å². The molecule has 0 atom stereocenters. The molecule has 0 spiro atoms. The molecule has 0 aliphatic heterocycles. The first-order chi connectivity index (χ1) is 5.27. The van der Waals surface area contributed by atoms with E-state index in [0.717, 1.165) is 25.3 Å². The third-order valence-electron chi connectivity index (χ3n) is 1.51. The third kappa shape index (κ3) is 9.60. The standard InChI is InChI=1S/C9H16F2/c1-2-3-4-5-6-7-8-9(10)11/h7-9H,2-6H2,1H3. The van der Waals surface area contributed by atoms with Crippen LogP contribution in [0.15, 0.2) is 12.2 Å². The van der Waals surface area contributed by atoms with Crippen molar-refractivity contribution in [1.29, 1.82) is 0 Å². The van der Waals surface area contributed by atoms with E-state index < -0.39 is 6.43 Å². The fraction of sp³-hybridized carbons (Fsp3) is 0.778. The SMILES string of the molecule is CCCCCCC=CC(F)F. The van der Waals surface area contributed by atoms with Gasteiger partial charge >= 0.3 is 0 Å². The van der Waals surface area contributed by atoms with Crippen molar-refractivity contribution in [3.63, 3.8) is 0 Å². The highest BCUT2D eigenvalue weighted by molar-refractivity contribution is 4.83. The zero-order valence-corrected chi connectivity index (χ0v) is 7.02. The molecule has 0 aliphatic rings. The molecule has 66 valence electrons. The number of allylic oxidation sites excluding steroid dienone is 2. The Kier molecular flexibility index (Phi) is 7.42. The topological polar surface area (TPSA) is 0 Å². The van der Waals surface area contributed by atoms with Crippen LogP contribution < -0.4 is 0 Å². The summed E-state index contributed by atoms with van der Waals surface area (Å²) in [6.07, 6.45) is 5.65. The van der Waals surface area contributed by atoms with Crippen molar-refractivity contribution in [1.82, 2.24) is 0 Å². The lowest BCUT2D eigenvalue weighted by Crippen LogP contribution is -1.80. The average molecular weight is 162 g/mol. The van der Waals surface area contributed by atoms with E-state index in [1.807, 2.05) is 0 Å². The van der Waals surface area contributed by atoms with Crippen LogP contribution in [0.25, 0.3) is 0 Å². The zero-order valence-electron chi connectivity index (χ0n) is 7.02. The highest BCUT2D eigenvalue weighted by atomic mass is 19.3. The number of alkyl halides is 2. The van der Waals surface area contributed by atoms with E-state index >= 15 is 0 Å². The van der Waals surface area contributed by atoms with Gasteiger partial charge in [0.15, 0.2) is 0 Å². The fourth-order valence-electron chi connectivity index (χ4n) is 0.888. The second kappa shape index (κ2) is 7.70. The molecule has 0 aromatic rings. The van der Waals surface area contributed by atoms with Crippen LogP contribution in [-0.2, 0) is 0 Å². The van der Waals surface area contributed by atoms with Gasteiger partial charge in [0.25, 0.3) is 6.43 Å². The van der Waals surface area contributed by atoms with Crippen LogP contribution in [-0.4, -0.2) is 6.43 Å². The van der Waals surface area contributed by atoms with Crippen molar-refractivity contribution in [2.75, 3.05) is 0 Å². The largest absolute Gasteiger partial charge is 0.257 e. The molecule has 0 fully saturated rings. The molecule has 0 aliphatic carbocycles. The third-order valence-corrected chi connectivity index (χ3v) is 1.51. The second-order valence-corrected chi connectivity index (χ2v) is 2.61. The monoisotopic (exact) mass is 162 g/mol. The van der Waals surface area contributed by atoms with Crippen molar-refractivity contribution in [3.05, 3.63) is 12.2 Å². The smallest absolute Gasteiger partial charge is 0.206 e. The maximum atomic E-state index is 11.5. The van der Waals surface area contributed by atoms with Gasteiger partial charge < -0.3 is 0 Å². The summed E-state index contributed by atoms with van der Waals surface area (Å²) in [5, 5.41) is 0. The Morgan fingerprint density at radius 1 is 1.18 bits per heavy atom. The summed E-state index contributed by atoms with van der Waals surface area (Å²) >= 11 is 0. The van der Waals surface area contributed by atoms with Crippen LogP contribution in [0.5, 0.6) is 0 Å². The van der Waals surface area contributed by atoms with Gasteiger partial charge in [-0.15, -0.1) is 0 Å². The molecule has 0 saturated carbocycles. The van der Waals surface area contributed by atoms with Crippen molar-refractivity contribution in [2.24, 2.45) is 0 Å². The van der Waals surface area contributed by atoms with E-state index in [9.17, 15) is 8.78 Å². The molecule has 0 saturated heterocycles. The van der Waals surface area contributed by atoms with Crippen LogP contribution in [0, 0.1) is 0 Å². The Labute approximate surface area is 67.3 Å². The van der Waals surface area contributed by atoms with Crippen LogP contribution in [0.2, 0.25) is 0 Å². The van der Waals surface area contributed by atoms with Crippen molar-refractivity contribution >= 4 is 0 Å². The highest BCUT2D eigenvalue weighted by Gasteiger charge is 1.91. The van der Waals surface area contributed by atoms with Crippen LogP contribution >= 0.6 is 0 Å². The normalized spacial score (nSPS) is 11.6. The maximum Gasteiger partial charge on any atom is 0.257 e. The predicted molar refractivity (Wildman–Crippen MR) is 43.9 cm³/mol. The first-order valence-electron chi connectivity index (χ1n) is 4.22. The second-order valence-electron chi connectivity index (χ2n) is 2.61. The molecule has 11 heavy (non-hydrogen) atoms. The summed E-state index contributed by atoms with van der Waals surface area (Å²) in [5.74, 6) is 0. The lowest BCUT2D eigenvalue weighted by molar-refractivity contribution is 0.204. The van der Waals surface area contributed by atoms with E-state index in [1.165, 1.54) is 12.8 Å². The lowest BCUT2D eigenvalue weighted by Gasteiger charge is -1.93. The van der Waals surface area contributed by atoms with E-state index in [-0.39, 0.29) is 0 Å². The predicted octanol–water partition coefficient (Wildman–Crippen LogP) is 3.78. The van der Waals surface area contributed by atoms with Gasteiger partial charge in [-0.05, 0) is 18.9 Å². The summed E-state index contributed by atoms with van der Waals surface area (Å²) in [5.41, 5.74) is 0. The number of unbranched alkanes of at least 4 members (excludes halogenated alkanes) is 4. The molecule has 0 rings (SSSR count). The molecule has 2 heteroatoms.